The Morgan fingerprint density at radius 2 is 1.37 bits per heavy atom. The van der Waals surface area contributed by atoms with Crippen LogP contribution in [0, 0.1) is 0 Å². The fourth-order valence-electron chi connectivity index (χ4n) is 3.92. The summed E-state index contributed by atoms with van der Waals surface area (Å²) in [5.41, 5.74) is 4.45. The van der Waals surface area contributed by atoms with Gasteiger partial charge in [-0.3, -0.25) is 4.79 Å². The lowest BCUT2D eigenvalue weighted by molar-refractivity contribution is 0.102. The Balaban J connectivity index is 1.39. The molecular weight excluding hydrogens is 474 g/mol. The summed E-state index contributed by atoms with van der Waals surface area (Å²) in [6, 6.07) is 30.9. The van der Waals surface area contributed by atoms with Crippen molar-refractivity contribution in [3.8, 4) is 17.2 Å². The summed E-state index contributed by atoms with van der Waals surface area (Å²) >= 11 is 0. The molecule has 4 rings (SSSR count). The van der Waals surface area contributed by atoms with Gasteiger partial charge in [0.1, 0.15) is 30.5 Å². The lowest BCUT2D eigenvalue weighted by atomic mass is 9.87. The van der Waals surface area contributed by atoms with Crippen LogP contribution in [0.15, 0.2) is 97.1 Å². The molecule has 38 heavy (non-hydrogen) atoms. The minimum Gasteiger partial charge on any atom is -0.493 e. The van der Waals surface area contributed by atoms with Crippen molar-refractivity contribution in [1.82, 2.24) is 0 Å². The number of anilines is 1. The molecule has 0 aromatic heterocycles. The number of rotatable bonds is 10. The summed E-state index contributed by atoms with van der Waals surface area (Å²) < 4.78 is 17.7. The van der Waals surface area contributed by atoms with E-state index in [0.717, 1.165) is 22.6 Å². The standard InChI is InChI=1S/C33H35NO4/c1-5-36-31-20-11-25(21-26(31)23-38-29-16-12-27(13-17-29)33(2,3)4)32(35)34-28-14-18-30(19-15-28)37-22-24-9-7-6-8-10-24/h6-21H,5,22-23H2,1-4H3,(H,34,35). The highest BCUT2D eigenvalue weighted by atomic mass is 16.5. The average Bonchev–Trinajstić information content (AvgIpc) is 2.92. The molecule has 0 spiro atoms. The monoisotopic (exact) mass is 509 g/mol. The Labute approximate surface area is 225 Å². The third kappa shape index (κ3) is 7.39. The molecule has 4 aromatic carbocycles. The molecule has 1 amide bonds. The average molecular weight is 510 g/mol. The van der Waals surface area contributed by atoms with Crippen molar-refractivity contribution in [3.05, 3.63) is 119 Å². The van der Waals surface area contributed by atoms with E-state index in [1.54, 1.807) is 6.07 Å². The molecule has 0 radical (unpaired) electrons. The number of carbonyl (C=O) groups is 1. The van der Waals surface area contributed by atoms with Gasteiger partial charge < -0.3 is 19.5 Å². The first-order valence-corrected chi connectivity index (χ1v) is 12.9. The molecular formula is C33H35NO4. The maximum Gasteiger partial charge on any atom is 0.255 e. The molecule has 0 bridgehead atoms. The highest BCUT2D eigenvalue weighted by Crippen LogP contribution is 2.27. The van der Waals surface area contributed by atoms with Crippen LogP contribution in [0.4, 0.5) is 5.69 Å². The Morgan fingerprint density at radius 1 is 0.737 bits per heavy atom. The zero-order valence-electron chi connectivity index (χ0n) is 22.5. The van der Waals surface area contributed by atoms with E-state index in [9.17, 15) is 4.79 Å². The van der Waals surface area contributed by atoms with Crippen LogP contribution in [0.25, 0.3) is 0 Å². The normalized spacial score (nSPS) is 11.1. The smallest absolute Gasteiger partial charge is 0.255 e. The van der Waals surface area contributed by atoms with E-state index in [4.69, 9.17) is 14.2 Å². The lowest BCUT2D eigenvalue weighted by Crippen LogP contribution is -2.13. The van der Waals surface area contributed by atoms with Gasteiger partial charge in [0.25, 0.3) is 5.91 Å². The summed E-state index contributed by atoms with van der Waals surface area (Å²) in [7, 11) is 0. The third-order valence-electron chi connectivity index (χ3n) is 6.10. The topological polar surface area (TPSA) is 56.8 Å². The molecule has 0 saturated carbocycles. The second kappa shape index (κ2) is 12.3. The SMILES string of the molecule is CCOc1ccc(C(=O)Nc2ccc(OCc3ccccc3)cc2)cc1COc1ccc(C(C)(C)C)cc1. The second-order valence-corrected chi connectivity index (χ2v) is 10.1. The molecule has 5 nitrogen and oxygen atoms in total. The van der Waals surface area contributed by atoms with E-state index in [1.807, 2.05) is 85.8 Å². The predicted octanol–water partition coefficient (Wildman–Crippen LogP) is 7.79. The maximum absolute atomic E-state index is 13.0. The van der Waals surface area contributed by atoms with E-state index in [2.05, 4.69) is 38.2 Å². The quantitative estimate of drug-likeness (QED) is 0.237. The molecule has 0 saturated heterocycles. The molecule has 0 unspecified atom stereocenters. The van der Waals surface area contributed by atoms with Crippen LogP contribution in [-0.2, 0) is 18.6 Å². The van der Waals surface area contributed by atoms with Gasteiger partial charge in [-0.15, -0.1) is 0 Å². The lowest BCUT2D eigenvalue weighted by Gasteiger charge is -2.19. The fourth-order valence-corrected chi connectivity index (χ4v) is 3.92. The van der Waals surface area contributed by atoms with E-state index in [-0.39, 0.29) is 11.3 Å². The van der Waals surface area contributed by atoms with Crippen molar-refractivity contribution < 1.29 is 19.0 Å². The fraction of sp³-hybridized carbons (Fsp3) is 0.242. The van der Waals surface area contributed by atoms with Crippen LogP contribution < -0.4 is 19.5 Å². The summed E-state index contributed by atoms with van der Waals surface area (Å²) in [6.45, 7) is 9.79. The zero-order chi connectivity index (χ0) is 27.0. The zero-order valence-corrected chi connectivity index (χ0v) is 22.5. The molecule has 1 N–H and O–H groups in total. The molecule has 4 aromatic rings. The van der Waals surface area contributed by atoms with Crippen LogP contribution in [0.1, 0.15) is 54.7 Å². The number of hydrogen-bond donors (Lipinski definition) is 1. The summed E-state index contributed by atoms with van der Waals surface area (Å²) in [6.07, 6.45) is 0. The van der Waals surface area contributed by atoms with Gasteiger partial charge in [0.15, 0.2) is 0 Å². The molecule has 0 aliphatic carbocycles. The summed E-state index contributed by atoms with van der Waals surface area (Å²) in [5.74, 6) is 2.00. The van der Waals surface area contributed by atoms with Crippen LogP contribution in [0.3, 0.4) is 0 Å². The van der Waals surface area contributed by atoms with Gasteiger partial charge in [0.05, 0.1) is 6.61 Å². The largest absolute Gasteiger partial charge is 0.493 e. The van der Waals surface area contributed by atoms with Gasteiger partial charge in [-0.25, -0.2) is 0 Å². The van der Waals surface area contributed by atoms with Gasteiger partial charge in [0.2, 0.25) is 0 Å². The van der Waals surface area contributed by atoms with Crippen LogP contribution in [0.2, 0.25) is 0 Å². The van der Waals surface area contributed by atoms with Crippen molar-refractivity contribution in [2.75, 3.05) is 11.9 Å². The minimum atomic E-state index is -0.207. The van der Waals surface area contributed by atoms with Gasteiger partial charge in [0, 0.05) is 16.8 Å². The van der Waals surface area contributed by atoms with Gasteiger partial charge in [-0.2, -0.15) is 0 Å². The number of carbonyl (C=O) groups excluding carboxylic acids is 1. The Morgan fingerprint density at radius 3 is 2.00 bits per heavy atom. The first-order chi connectivity index (χ1) is 18.3. The van der Waals surface area contributed by atoms with Gasteiger partial charge >= 0.3 is 0 Å². The molecule has 196 valence electrons. The number of hydrogen-bond acceptors (Lipinski definition) is 4. The van der Waals surface area contributed by atoms with Crippen LogP contribution in [-0.4, -0.2) is 12.5 Å². The number of amides is 1. The van der Waals surface area contributed by atoms with E-state index in [0.29, 0.717) is 36.8 Å². The Kier molecular flexibility index (Phi) is 8.70. The van der Waals surface area contributed by atoms with Crippen molar-refractivity contribution in [3.63, 3.8) is 0 Å². The predicted molar refractivity (Wildman–Crippen MR) is 152 cm³/mol. The van der Waals surface area contributed by atoms with Gasteiger partial charge in [-0.1, -0.05) is 63.2 Å². The van der Waals surface area contributed by atoms with E-state index in [1.165, 1.54) is 5.56 Å². The summed E-state index contributed by atoms with van der Waals surface area (Å²) in [5, 5.41) is 2.96. The van der Waals surface area contributed by atoms with Crippen molar-refractivity contribution in [2.45, 2.75) is 46.3 Å². The molecule has 0 heterocycles. The first-order valence-electron chi connectivity index (χ1n) is 12.9. The van der Waals surface area contributed by atoms with E-state index >= 15 is 0 Å². The van der Waals surface area contributed by atoms with Gasteiger partial charge in [-0.05, 0) is 78.1 Å². The maximum atomic E-state index is 13.0. The molecule has 0 atom stereocenters. The Bertz CT molecular complexity index is 1320. The van der Waals surface area contributed by atoms with Crippen LogP contribution >= 0.6 is 0 Å². The van der Waals surface area contributed by atoms with Crippen molar-refractivity contribution in [2.24, 2.45) is 0 Å². The van der Waals surface area contributed by atoms with Crippen molar-refractivity contribution in [1.29, 1.82) is 0 Å². The minimum absolute atomic E-state index is 0.0812. The highest BCUT2D eigenvalue weighted by Gasteiger charge is 2.14. The molecule has 0 fully saturated rings. The molecule has 5 heteroatoms. The van der Waals surface area contributed by atoms with Crippen molar-refractivity contribution >= 4 is 11.6 Å². The first kappa shape index (κ1) is 26.8. The second-order valence-electron chi connectivity index (χ2n) is 10.1. The number of ether oxygens (including phenoxy) is 3. The Hall–Kier alpha value is -4.25. The summed E-state index contributed by atoms with van der Waals surface area (Å²) in [4.78, 5) is 13.0. The number of nitrogens with one attached hydrogen (secondary N) is 1. The molecule has 0 aliphatic heterocycles. The number of benzene rings is 4. The third-order valence-corrected chi connectivity index (χ3v) is 6.10. The molecule has 0 aliphatic rings. The van der Waals surface area contributed by atoms with E-state index < -0.39 is 0 Å². The van der Waals surface area contributed by atoms with Crippen LogP contribution in [0.5, 0.6) is 17.2 Å². The highest BCUT2D eigenvalue weighted by molar-refractivity contribution is 6.04.